The molecule has 0 saturated heterocycles. The minimum atomic E-state index is -5.04. The van der Waals surface area contributed by atoms with Gasteiger partial charge in [0.1, 0.15) is 16.7 Å². The molecule has 0 radical (unpaired) electrons. The van der Waals surface area contributed by atoms with Crippen LogP contribution in [0.5, 0.6) is 5.75 Å². The van der Waals surface area contributed by atoms with Gasteiger partial charge in [-0.25, -0.2) is 31.0 Å². The van der Waals surface area contributed by atoms with Crippen LogP contribution in [-0.4, -0.2) is 68.4 Å². The highest BCUT2D eigenvalue weighted by molar-refractivity contribution is 7.93. The van der Waals surface area contributed by atoms with Crippen molar-refractivity contribution in [3.05, 3.63) is 30.1 Å². The highest BCUT2D eigenvalue weighted by atomic mass is 32.2. The molecule has 0 fully saturated rings. The molecule has 1 aromatic heterocycles. The lowest BCUT2D eigenvalue weighted by molar-refractivity contribution is -0.106. The lowest BCUT2D eigenvalue weighted by Gasteiger charge is -2.41. The second-order valence-electron chi connectivity index (χ2n) is 7.87. The minimum Gasteiger partial charge on any atom is -0.485 e. The first-order valence-electron chi connectivity index (χ1n) is 10.1. The number of nitrogens with zero attached hydrogens (tertiary/aromatic N) is 3. The molecule has 0 unspecified atom stereocenters. The first-order chi connectivity index (χ1) is 16.9. The summed E-state index contributed by atoms with van der Waals surface area (Å²) >= 11 is 0. The van der Waals surface area contributed by atoms with Crippen molar-refractivity contribution < 1.29 is 53.4 Å². The second kappa shape index (κ2) is 9.93. The van der Waals surface area contributed by atoms with E-state index in [0.717, 1.165) is 19.1 Å². The first-order valence-corrected chi connectivity index (χ1v) is 13.2. The lowest BCUT2D eigenvalue weighted by Crippen LogP contribution is -2.55. The Kier molecular flexibility index (Phi) is 7.62. The molecular formula is C18H20F5N5O7S2. The van der Waals surface area contributed by atoms with Crippen LogP contribution in [0.1, 0.15) is 19.2 Å². The molecule has 2 heterocycles. The zero-order chi connectivity index (χ0) is 27.9. The summed E-state index contributed by atoms with van der Waals surface area (Å²) < 4.78 is 123. The fourth-order valence-electron chi connectivity index (χ4n) is 3.58. The number of hydrogen-bond donors (Lipinski definition) is 3. The Bertz CT molecular complexity index is 1400. The molecule has 3 N–H and O–H groups in total. The Hall–Kier alpha value is -3.19. The van der Waals surface area contributed by atoms with Crippen molar-refractivity contribution in [2.45, 2.75) is 43.6 Å². The van der Waals surface area contributed by atoms with Gasteiger partial charge in [-0.1, -0.05) is 0 Å². The van der Waals surface area contributed by atoms with Gasteiger partial charge in [0, 0.05) is 12.2 Å². The van der Waals surface area contributed by atoms with Crippen molar-refractivity contribution in [3.8, 4) is 5.75 Å². The number of hydrogen-bond acceptors (Lipinski definition) is 7. The number of aryl methyl sites for hydroxylation is 1. The number of ether oxygens (including phenoxy) is 1. The van der Waals surface area contributed by atoms with E-state index in [2.05, 4.69) is 5.10 Å². The van der Waals surface area contributed by atoms with E-state index in [4.69, 9.17) is 9.84 Å². The Morgan fingerprint density at radius 3 is 2.43 bits per heavy atom. The van der Waals surface area contributed by atoms with Gasteiger partial charge in [0.2, 0.25) is 10.0 Å². The van der Waals surface area contributed by atoms with Gasteiger partial charge in [0.25, 0.3) is 10.0 Å². The smallest absolute Gasteiger partial charge is 0.409 e. The van der Waals surface area contributed by atoms with E-state index in [1.54, 1.807) is 4.72 Å². The first kappa shape index (κ1) is 28.4. The topological polar surface area (TPSA) is 160 Å². The Morgan fingerprint density at radius 2 is 1.89 bits per heavy atom. The summed E-state index contributed by atoms with van der Waals surface area (Å²) in [5.41, 5.74) is -0.633. The number of alkyl halides is 5. The van der Waals surface area contributed by atoms with E-state index in [9.17, 15) is 43.6 Å². The molecule has 12 nitrogen and oxygen atoms in total. The van der Waals surface area contributed by atoms with Gasteiger partial charge in [-0.2, -0.15) is 27.1 Å². The number of carbonyl (C=O) groups is 1. The zero-order valence-corrected chi connectivity index (χ0v) is 20.5. The summed E-state index contributed by atoms with van der Waals surface area (Å²) in [4.78, 5) is 10.4. The van der Waals surface area contributed by atoms with Gasteiger partial charge >= 0.3 is 18.8 Å². The van der Waals surface area contributed by atoms with Crippen LogP contribution in [0.25, 0.3) is 0 Å². The predicted molar refractivity (Wildman–Crippen MR) is 118 cm³/mol. The van der Waals surface area contributed by atoms with Crippen LogP contribution in [0.2, 0.25) is 0 Å². The SMILES string of the molecule is Cc1nn(C(F)F)cc1S(=O)(=O)N1c2cc(NC(=O)O)ccc2O[C@@H](CNS(=O)(=O)CC(F)(F)F)[C@H]1C. The maximum absolute atomic E-state index is 13.6. The molecule has 1 amide bonds. The molecule has 37 heavy (non-hydrogen) atoms. The summed E-state index contributed by atoms with van der Waals surface area (Å²) in [7, 11) is -9.60. The number of benzene rings is 1. The molecule has 0 bridgehead atoms. The molecule has 2 aromatic rings. The Balaban J connectivity index is 2.07. The van der Waals surface area contributed by atoms with E-state index < -0.39 is 68.2 Å². The molecule has 206 valence electrons. The highest BCUT2D eigenvalue weighted by Crippen LogP contribution is 2.42. The monoisotopic (exact) mass is 577 g/mol. The van der Waals surface area contributed by atoms with Crippen molar-refractivity contribution in [2.75, 3.05) is 21.9 Å². The van der Waals surface area contributed by atoms with Gasteiger partial charge in [0.15, 0.2) is 5.75 Å². The van der Waals surface area contributed by atoms with E-state index in [-0.39, 0.29) is 27.5 Å². The number of aromatic nitrogens is 2. The van der Waals surface area contributed by atoms with Crippen LogP contribution < -0.4 is 19.1 Å². The van der Waals surface area contributed by atoms with Gasteiger partial charge in [-0.15, -0.1) is 0 Å². The largest absolute Gasteiger partial charge is 0.485 e. The van der Waals surface area contributed by atoms with E-state index in [1.165, 1.54) is 13.0 Å². The molecule has 1 aromatic carbocycles. The molecular weight excluding hydrogens is 557 g/mol. The van der Waals surface area contributed by atoms with Gasteiger partial charge in [-0.05, 0) is 32.0 Å². The van der Waals surface area contributed by atoms with Crippen LogP contribution in [0.4, 0.5) is 38.1 Å². The quantitative estimate of drug-likeness (QED) is 0.404. The Labute approximate surface area is 207 Å². The maximum Gasteiger partial charge on any atom is 0.409 e. The number of halogens is 5. The number of anilines is 2. The van der Waals surface area contributed by atoms with Gasteiger partial charge in [-0.3, -0.25) is 9.62 Å². The van der Waals surface area contributed by atoms with Crippen LogP contribution in [0, 0.1) is 6.92 Å². The number of sulfonamides is 2. The number of nitrogens with one attached hydrogen (secondary N) is 2. The number of fused-ring (bicyclic) bond motifs is 1. The summed E-state index contributed by atoms with van der Waals surface area (Å²) in [5, 5.41) is 14.5. The summed E-state index contributed by atoms with van der Waals surface area (Å²) in [6.45, 7) is -1.55. The van der Waals surface area contributed by atoms with Gasteiger partial charge < -0.3 is 9.84 Å². The minimum absolute atomic E-state index is 0.0911. The van der Waals surface area contributed by atoms with E-state index in [0.29, 0.717) is 10.5 Å². The van der Waals surface area contributed by atoms with Crippen LogP contribution in [0.3, 0.4) is 0 Å². The van der Waals surface area contributed by atoms with E-state index >= 15 is 0 Å². The van der Waals surface area contributed by atoms with E-state index in [1.807, 2.05) is 5.32 Å². The van der Waals surface area contributed by atoms with Crippen molar-refractivity contribution >= 4 is 37.5 Å². The third kappa shape index (κ3) is 6.39. The zero-order valence-electron chi connectivity index (χ0n) is 18.9. The lowest BCUT2D eigenvalue weighted by atomic mass is 10.1. The molecule has 0 saturated carbocycles. The van der Waals surface area contributed by atoms with Crippen LogP contribution in [0.15, 0.2) is 29.3 Å². The molecule has 0 aliphatic carbocycles. The third-order valence-corrected chi connectivity index (χ3v) is 8.42. The van der Waals surface area contributed by atoms with Crippen LogP contribution in [-0.2, 0) is 20.0 Å². The van der Waals surface area contributed by atoms with Crippen molar-refractivity contribution in [3.63, 3.8) is 0 Å². The average molecular weight is 578 g/mol. The summed E-state index contributed by atoms with van der Waals surface area (Å²) in [5.74, 6) is -2.38. The third-order valence-electron chi connectivity index (χ3n) is 5.10. The fraction of sp³-hybridized carbons (Fsp3) is 0.444. The number of amides is 1. The van der Waals surface area contributed by atoms with Gasteiger partial charge in [0.05, 0.1) is 23.6 Å². The maximum atomic E-state index is 13.6. The van der Waals surface area contributed by atoms with Crippen molar-refractivity contribution in [2.24, 2.45) is 0 Å². The molecule has 2 atom stereocenters. The Morgan fingerprint density at radius 1 is 1.24 bits per heavy atom. The normalized spacial score (nSPS) is 18.4. The molecule has 0 spiro atoms. The summed E-state index contributed by atoms with van der Waals surface area (Å²) in [6, 6.07) is 2.11. The molecule has 3 rings (SSSR count). The molecule has 1 aliphatic rings. The molecule has 19 heteroatoms. The highest BCUT2D eigenvalue weighted by Gasteiger charge is 2.43. The average Bonchev–Trinajstić information content (AvgIpc) is 3.13. The number of carboxylic acid groups (broad SMARTS) is 1. The fourth-order valence-corrected chi connectivity index (χ4v) is 6.38. The van der Waals surface area contributed by atoms with Crippen molar-refractivity contribution in [1.82, 2.24) is 14.5 Å². The predicted octanol–water partition coefficient (Wildman–Crippen LogP) is 2.50. The number of rotatable bonds is 8. The molecule has 1 aliphatic heterocycles. The van der Waals surface area contributed by atoms with Crippen molar-refractivity contribution in [1.29, 1.82) is 0 Å². The standard InChI is InChI=1S/C18H20F5N5O7S2/c1-9-15(7-27(26-9)16(19)20)37(33,34)28-10(2)14(6-24-36(31,32)8-18(21,22)23)35-13-4-3-11(5-12(13)28)25-17(29)30/h3-5,7,10,14,16,24-25H,6,8H2,1-2H3,(H,29,30)/t10-,14+/m1/s1. The second-order valence-corrected chi connectivity index (χ2v) is 11.5. The van der Waals surface area contributed by atoms with Crippen LogP contribution >= 0.6 is 0 Å². The summed E-state index contributed by atoms with van der Waals surface area (Å²) in [6.07, 6.45) is -7.32.